The zero-order valence-electron chi connectivity index (χ0n) is 16.6. The molecule has 3 amide bonds. The maximum Gasteiger partial charge on any atom is 0.321 e. The Hall–Kier alpha value is -3.44. The number of hydrogen-bond acceptors (Lipinski definition) is 2. The molecule has 2 atom stereocenters. The fraction of sp³-hybridized carbons (Fsp3) is 0.167. The van der Waals surface area contributed by atoms with E-state index in [9.17, 15) is 9.59 Å². The van der Waals surface area contributed by atoms with Crippen LogP contribution < -0.4 is 16.0 Å². The summed E-state index contributed by atoms with van der Waals surface area (Å²) in [5.41, 5.74) is 4.19. The summed E-state index contributed by atoms with van der Waals surface area (Å²) in [6, 6.07) is 26.7. The third-order valence-electron chi connectivity index (χ3n) is 4.89. The van der Waals surface area contributed by atoms with Crippen LogP contribution in [0.25, 0.3) is 0 Å². The van der Waals surface area contributed by atoms with Gasteiger partial charge in [0.05, 0.1) is 0 Å². The minimum Gasteiger partial charge on any atom is -0.341 e. The molecule has 0 bridgehead atoms. The molecule has 3 rings (SSSR count). The van der Waals surface area contributed by atoms with Gasteiger partial charge in [-0.2, -0.15) is 0 Å². The van der Waals surface area contributed by atoms with Gasteiger partial charge in [-0.1, -0.05) is 90.5 Å². The van der Waals surface area contributed by atoms with Gasteiger partial charge in [-0.05, 0) is 6.92 Å². The van der Waals surface area contributed by atoms with Crippen LogP contribution >= 0.6 is 0 Å². The zero-order valence-corrected chi connectivity index (χ0v) is 16.6. The first-order valence-corrected chi connectivity index (χ1v) is 9.62. The molecule has 0 fully saturated rings. The molecular formula is C24H26N3O2+. The Kier molecular flexibility index (Phi) is 6.76. The van der Waals surface area contributed by atoms with Gasteiger partial charge in [0.1, 0.15) is 6.04 Å². The molecule has 0 radical (unpaired) electrons. The van der Waals surface area contributed by atoms with Gasteiger partial charge in [0.15, 0.2) is 6.04 Å². The van der Waals surface area contributed by atoms with Crippen molar-refractivity contribution in [2.75, 3.05) is 7.05 Å². The fourth-order valence-electron chi connectivity index (χ4n) is 3.30. The van der Waals surface area contributed by atoms with Gasteiger partial charge < -0.3 is 10.6 Å². The Morgan fingerprint density at radius 1 is 0.759 bits per heavy atom. The van der Waals surface area contributed by atoms with Crippen LogP contribution in [-0.4, -0.2) is 19.0 Å². The smallest absolute Gasteiger partial charge is 0.321 e. The molecule has 0 aromatic heterocycles. The Bertz CT molecular complexity index is 941. The number of nitrogens with one attached hydrogen (secondary N) is 2. The van der Waals surface area contributed by atoms with Gasteiger partial charge in [-0.3, -0.25) is 10.1 Å². The second-order valence-corrected chi connectivity index (χ2v) is 6.95. The normalized spacial score (nSPS) is 12.6. The van der Waals surface area contributed by atoms with Crippen LogP contribution in [0.5, 0.6) is 0 Å². The number of quaternary nitrogens is 1. The van der Waals surface area contributed by atoms with E-state index in [0.29, 0.717) is 0 Å². The van der Waals surface area contributed by atoms with E-state index in [0.717, 1.165) is 16.7 Å². The second kappa shape index (κ2) is 9.66. The maximum atomic E-state index is 13.0. The number of carbonyl (C=O) groups excluding carboxylic acids is 2. The van der Waals surface area contributed by atoms with Crippen LogP contribution in [0.4, 0.5) is 4.79 Å². The standard InChI is InChI=1S/C24H25N3O2/c1-17-13-15-20(16-14-17)21(18-9-5-3-6-10-18)26-22(19-11-7-4-8-12-19)23(28)27-24(29)25-2/h3-16,21-22,26H,1-2H3,(H2,25,27,28,29)/p+1/t21-,22-/m1/s1. The summed E-state index contributed by atoms with van der Waals surface area (Å²) >= 11 is 0. The van der Waals surface area contributed by atoms with Crippen molar-refractivity contribution in [3.63, 3.8) is 0 Å². The average Bonchev–Trinajstić information content (AvgIpc) is 2.76. The lowest BCUT2D eigenvalue weighted by Crippen LogP contribution is -2.88. The number of urea groups is 1. The van der Waals surface area contributed by atoms with E-state index in [-0.39, 0.29) is 11.9 Å². The Morgan fingerprint density at radius 3 is 1.83 bits per heavy atom. The molecule has 3 aromatic carbocycles. The van der Waals surface area contributed by atoms with Crippen molar-refractivity contribution in [3.8, 4) is 0 Å². The second-order valence-electron chi connectivity index (χ2n) is 6.95. The summed E-state index contributed by atoms with van der Waals surface area (Å²) in [4.78, 5) is 24.7. The van der Waals surface area contributed by atoms with E-state index in [1.165, 1.54) is 12.6 Å². The van der Waals surface area contributed by atoms with Crippen molar-refractivity contribution in [2.24, 2.45) is 0 Å². The third kappa shape index (κ3) is 5.30. The minimum absolute atomic E-state index is 0.0996. The first-order valence-electron chi connectivity index (χ1n) is 9.62. The summed E-state index contributed by atoms with van der Waals surface area (Å²) in [6.45, 7) is 2.05. The van der Waals surface area contributed by atoms with Crippen molar-refractivity contribution < 1.29 is 14.9 Å². The highest BCUT2D eigenvalue weighted by molar-refractivity contribution is 5.96. The molecule has 3 aromatic rings. The average molecular weight is 388 g/mol. The van der Waals surface area contributed by atoms with Crippen LogP contribution in [0.3, 0.4) is 0 Å². The molecule has 5 heteroatoms. The van der Waals surface area contributed by atoms with Crippen molar-refractivity contribution in [2.45, 2.75) is 19.0 Å². The van der Waals surface area contributed by atoms with Crippen molar-refractivity contribution >= 4 is 11.9 Å². The van der Waals surface area contributed by atoms with Crippen LogP contribution in [0.1, 0.15) is 34.3 Å². The van der Waals surface area contributed by atoms with E-state index in [1.54, 1.807) is 0 Å². The molecule has 0 spiro atoms. The number of benzene rings is 3. The largest absolute Gasteiger partial charge is 0.341 e. The van der Waals surface area contributed by atoms with E-state index >= 15 is 0 Å². The Balaban J connectivity index is 1.99. The molecule has 5 nitrogen and oxygen atoms in total. The molecule has 148 valence electrons. The first-order chi connectivity index (χ1) is 14.1. The fourth-order valence-corrected chi connectivity index (χ4v) is 3.30. The SMILES string of the molecule is CNC(=O)NC(=O)[C@H]([NH2+][C@H](c1ccccc1)c1ccc(C)cc1)c1ccccc1. The lowest BCUT2D eigenvalue weighted by molar-refractivity contribution is -0.713. The molecule has 29 heavy (non-hydrogen) atoms. The highest BCUT2D eigenvalue weighted by Crippen LogP contribution is 2.21. The number of imide groups is 1. The molecule has 0 saturated carbocycles. The van der Waals surface area contributed by atoms with Gasteiger partial charge in [0, 0.05) is 23.7 Å². The Morgan fingerprint density at radius 2 is 1.28 bits per heavy atom. The van der Waals surface area contributed by atoms with E-state index < -0.39 is 12.1 Å². The lowest BCUT2D eigenvalue weighted by Gasteiger charge is -2.23. The van der Waals surface area contributed by atoms with Crippen LogP contribution in [0.2, 0.25) is 0 Å². The summed E-state index contributed by atoms with van der Waals surface area (Å²) in [5.74, 6) is -0.358. The molecule has 0 aliphatic heterocycles. The van der Waals surface area contributed by atoms with Crippen molar-refractivity contribution in [1.29, 1.82) is 0 Å². The highest BCUT2D eigenvalue weighted by Gasteiger charge is 2.30. The van der Waals surface area contributed by atoms with Gasteiger partial charge in [0.2, 0.25) is 0 Å². The number of nitrogens with two attached hydrogens (primary N) is 1. The number of hydrogen-bond donors (Lipinski definition) is 3. The summed E-state index contributed by atoms with van der Waals surface area (Å²) in [6.07, 6.45) is 0. The van der Waals surface area contributed by atoms with Gasteiger partial charge in [-0.25, -0.2) is 4.79 Å². The molecule has 0 saturated heterocycles. The van der Waals surface area contributed by atoms with Gasteiger partial charge in [0.25, 0.3) is 5.91 Å². The van der Waals surface area contributed by atoms with Gasteiger partial charge >= 0.3 is 6.03 Å². The predicted octanol–water partition coefficient (Wildman–Crippen LogP) is 2.84. The maximum absolute atomic E-state index is 13.0. The quantitative estimate of drug-likeness (QED) is 0.607. The highest BCUT2D eigenvalue weighted by atomic mass is 16.2. The van der Waals surface area contributed by atoms with E-state index in [4.69, 9.17) is 0 Å². The summed E-state index contributed by atoms with van der Waals surface area (Å²) < 4.78 is 0. The number of amides is 3. The molecule has 0 heterocycles. The monoisotopic (exact) mass is 388 g/mol. The van der Waals surface area contributed by atoms with Crippen LogP contribution in [0, 0.1) is 6.92 Å². The van der Waals surface area contributed by atoms with Crippen LogP contribution in [-0.2, 0) is 4.79 Å². The molecule has 0 aliphatic carbocycles. The Labute approximate surface area is 171 Å². The third-order valence-corrected chi connectivity index (χ3v) is 4.89. The van der Waals surface area contributed by atoms with Crippen molar-refractivity contribution in [1.82, 2.24) is 10.6 Å². The number of rotatable bonds is 6. The molecule has 0 unspecified atom stereocenters. The predicted molar refractivity (Wildman–Crippen MR) is 113 cm³/mol. The topological polar surface area (TPSA) is 74.8 Å². The zero-order chi connectivity index (χ0) is 20.6. The summed E-state index contributed by atoms with van der Waals surface area (Å²) in [5, 5.41) is 6.87. The van der Waals surface area contributed by atoms with Gasteiger partial charge in [-0.15, -0.1) is 0 Å². The van der Waals surface area contributed by atoms with Crippen LogP contribution in [0.15, 0.2) is 84.9 Å². The van der Waals surface area contributed by atoms with E-state index in [1.807, 2.05) is 53.8 Å². The lowest BCUT2D eigenvalue weighted by atomic mass is 9.95. The summed E-state index contributed by atoms with van der Waals surface area (Å²) in [7, 11) is 1.49. The molecule has 4 N–H and O–H groups in total. The number of carbonyl (C=O) groups is 2. The molecule has 0 aliphatic rings. The molecular weight excluding hydrogens is 362 g/mol. The minimum atomic E-state index is -0.583. The number of aryl methyl sites for hydroxylation is 1. The van der Waals surface area contributed by atoms with E-state index in [2.05, 4.69) is 54.0 Å². The first kappa shape index (κ1) is 20.3. The van der Waals surface area contributed by atoms with Crippen molar-refractivity contribution in [3.05, 3.63) is 107 Å².